The Kier molecular flexibility index (Phi) is 8.39. The number of hydrogen-bond donors (Lipinski definition) is 1. The molecule has 0 aliphatic carbocycles. The third-order valence-corrected chi connectivity index (χ3v) is 8.59. The monoisotopic (exact) mass is 506 g/mol. The summed E-state index contributed by atoms with van der Waals surface area (Å²) in [6, 6.07) is 9.08. The molecule has 1 aliphatic heterocycles. The van der Waals surface area contributed by atoms with Crippen LogP contribution in [0.2, 0.25) is 0 Å². The largest absolute Gasteiger partial charge is 0.497 e. The highest BCUT2D eigenvalue weighted by Gasteiger charge is 2.34. The summed E-state index contributed by atoms with van der Waals surface area (Å²) in [4.78, 5) is 18.2. The minimum absolute atomic E-state index is 0.0289. The molecule has 3 atom stereocenters. The summed E-state index contributed by atoms with van der Waals surface area (Å²) in [5, 5.41) is 12.3. The SMILES string of the molecule is COc1ccc2ncc(F)c([C@@H](F)CC[C@H]3CCN(CCSc4cccs4)C[C@H]3C(=O)O)c2c1. The number of aromatic nitrogens is 1. The second kappa shape index (κ2) is 11.5. The van der Waals surface area contributed by atoms with E-state index in [4.69, 9.17) is 4.74 Å². The van der Waals surface area contributed by atoms with Crippen LogP contribution in [-0.2, 0) is 4.79 Å². The van der Waals surface area contributed by atoms with Gasteiger partial charge in [0.2, 0.25) is 0 Å². The summed E-state index contributed by atoms with van der Waals surface area (Å²) in [5.74, 6) is -0.817. The van der Waals surface area contributed by atoms with E-state index in [0.29, 0.717) is 36.0 Å². The maximum Gasteiger partial charge on any atom is 0.308 e. The van der Waals surface area contributed by atoms with Gasteiger partial charge in [0, 0.05) is 29.8 Å². The first kappa shape index (κ1) is 24.9. The Labute approximate surface area is 206 Å². The highest BCUT2D eigenvalue weighted by molar-refractivity contribution is 8.01. The van der Waals surface area contributed by atoms with Crippen molar-refractivity contribution in [3.63, 3.8) is 0 Å². The van der Waals surface area contributed by atoms with Gasteiger partial charge in [0.15, 0.2) is 0 Å². The molecule has 1 fully saturated rings. The number of aliphatic carboxylic acids is 1. The lowest BCUT2D eigenvalue weighted by atomic mass is 9.81. The molecule has 0 spiro atoms. The number of alkyl halides is 1. The van der Waals surface area contributed by atoms with Crippen LogP contribution < -0.4 is 4.74 Å². The minimum atomic E-state index is -1.55. The van der Waals surface area contributed by atoms with Gasteiger partial charge < -0.3 is 14.7 Å². The molecule has 1 N–H and O–H groups in total. The molecule has 2 aromatic heterocycles. The van der Waals surface area contributed by atoms with Crippen LogP contribution in [0.25, 0.3) is 10.9 Å². The zero-order chi connectivity index (χ0) is 24.1. The molecule has 1 aliphatic rings. The topological polar surface area (TPSA) is 62.7 Å². The van der Waals surface area contributed by atoms with Crippen LogP contribution in [0.3, 0.4) is 0 Å². The quantitative estimate of drug-likeness (QED) is 0.338. The molecule has 5 nitrogen and oxygen atoms in total. The van der Waals surface area contributed by atoms with Crippen LogP contribution in [0.5, 0.6) is 5.75 Å². The number of carboxylic acid groups (broad SMARTS) is 1. The van der Waals surface area contributed by atoms with E-state index >= 15 is 4.39 Å². The third kappa shape index (κ3) is 5.87. The summed E-state index contributed by atoms with van der Waals surface area (Å²) in [7, 11) is 1.50. The number of methoxy groups -OCH3 is 1. The van der Waals surface area contributed by atoms with Crippen LogP contribution in [0.15, 0.2) is 46.1 Å². The Morgan fingerprint density at radius 3 is 3.00 bits per heavy atom. The predicted molar refractivity (Wildman–Crippen MR) is 132 cm³/mol. The van der Waals surface area contributed by atoms with Gasteiger partial charge in [-0.1, -0.05) is 6.07 Å². The number of thioether (sulfide) groups is 1. The molecule has 1 aromatic carbocycles. The van der Waals surface area contributed by atoms with E-state index < -0.39 is 23.9 Å². The van der Waals surface area contributed by atoms with E-state index in [1.54, 1.807) is 41.3 Å². The van der Waals surface area contributed by atoms with Crippen molar-refractivity contribution in [2.75, 3.05) is 32.5 Å². The molecule has 0 saturated carbocycles. The van der Waals surface area contributed by atoms with E-state index in [2.05, 4.69) is 16.0 Å². The van der Waals surface area contributed by atoms with E-state index in [1.807, 2.05) is 11.4 Å². The van der Waals surface area contributed by atoms with Crippen molar-refractivity contribution < 1.29 is 23.4 Å². The predicted octanol–water partition coefficient (Wildman–Crippen LogP) is 6.05. The molecule has 34 heavy (non-hydrogen) atoms. The third-order valence-electron chi connectivity index (χ3n) is 6.48. The van der Waals surface area contributed by atoms with Gasteiger partial charge in [-0.3, -0.25) is 9.78 Å². The summed E-state index contributed by atoms with van der Waals surface area (Å²) in [6.07, 6.45) is 0.649. The average molecular weight is 507 g/mol. The lowest BCUT2D eigenvalue weighted by molar-refractivity contribution is -0.146. The van der Waals surface area contributed by atoms with E-state index in [1.165, 1.54) is 11.3 Å². The summed E-state index contributed by atoms with van der Waals surface area (Å²) in [6.45, 7) is 2.08. The number of thiophene rings is 1. The first-order valence-electron chi connectivity index (χ1n) is 11.3. The number of benzene rings is 1. The molecule has 0 amide bonds. The summed E-state index contributed by atoms with van der Waals surface area (Å²) < 4.78 is 36.4. The molecule has 9 heteroatoms. The molecule has 3 heterocycles. The number of piperidine rings is 1. The van der Waals surface area contributed by atoms with Gasteiger partial charge in [-0.2, -0.15) is 0 Å². The smallest absolute Gasteiger partial charge is 0.308 e. The molecular formula is C25H28F2N2O3S2. The number of likely N-dealkylation sites (tertiary alicyclic amines) is 1. The number of carbonyl (C=O) groups is 1. The molecule has 0 bridgehead atoms. The number of fused-ring (bicyclic) bond motifs is 1. The maximum atomic E-state index is 15.4. The van der Waals surface area contributed by atoms with Crippen LogP contribution in [0.1, 0.15) is 31.0 Å². The fourth-order valence-corrected chi connectivity index (χ4v) is 6.50. The number of nitrogens with zero attached hydrogens (tertiary/aromatic N) is 2. The van der Waals surface area contributed by atoms with Crippen LogP contribution in [0, 0.1) is 17.7 Å². The van der Waals surface area contributed by atoms with Gasteiger partial charge in [-0.25, -0.2) is 8.78 Å². The number of rotatable bonds is 10. The Bertz CT molecular complexity index is 1110. The Morgan fingerprint density at radius 2 is 2.26 bits per heavy atom. The Balaban J connectivity index is 1.38. The lowest BCUT2D eigenvalue weighted by Gasteiger charge is -2.36. The Morgan fingerprint density at radius 1 is 1.41 bits per heavy atom. The van der Waals surface area contributed by atoms with Crippen LogP contribution in [0.4, 0.5) is 8.78 Å². The fourth-order valence-electron chi connectivity index (χ4n) is 4.64. The maximum absolute atomic E-state index is 15.4. The second-order valence-electron chi connectivity index (χ2n) is 8.52. The minimum Gasteiger partial charge on any atom is -0.497 e. The Hall–Kier alpha value is -2.23. The van der Waals surface area contributed by atoms with E-state index in [0.717, 1.165) is 25.0 Å². The van der Waals surface area contributed by atoms with Crippen molar-refractivity contribution in [3.05, 3.63) is 53.3 Å². The number of pyridine rings is 1. The molecule has 182 valence electrons. The lowest BCUT2D eigenvalue weighted by Crippen LogP contribution is -2.44. The van der Waals surface area contributed by atoms with Gasteiger partial charge in [0.05, 0.1) is 29.0 Å². The van der Waals surface area contributed by atoms with E-state index in [-0.39, 0.29) is 17.9 Å². The number of carboxylic acids is 1. The number of hydrogen-bond acceptors (Lipinski definition) is 6. The van der Waals surface area contributed by atoms with Crippen molar-refractivity contribution in [1.82, 2.24) is 9.88 Å². The van der Waals surface area contributed by atoms with E-state index in [9.17, 15) is 14.3 Å². The van der Waals surface area contributed by atoms with Crippen LogP contribution in [-0.4, -0.2) is 53.5 Å². The number of ether oxygens (including phenoxy) is 1. The fraction of sp³-hybridized carbons (Fsp3) is 0.440. The van der Waals surface area contributed by atoms with Crippen molar-refractivity contribution in [3.8, 4) is 5.75 Å². The van der Waals surface area contributed by atoms with Crippen molar-refractivity contribution >= 4 is 40.0 Å². The first-order valence-corrected chi connectivity index (χ1v) is 13.2. The van der Waals surface area contributed by atoms with Crippen LogP contribution >= 0.6 is 23.1 Å². The van der Waals surface area contributed by atoms with Gasteiger partial charge in [-0.15, -0.1) is 23.1 Å². The summed E-state index contributed by atoms with van der Waals surface area (Å²) in [5.41, 5.74) is 0.468. The zero-order valence-corrected chi connectivity index (χ0v) is 20.6. The summed E-state index contributed by atoms with van der Waals surface area (Å²) >= 11 is 3.48. The molecule has 4 rings (SSSR count). The highest BCUT2D eigenvalue weighted by atomic mass is 32.2. The second-order valence-corrected chi connectivity index (χ2v) is 10.9. The number of halogens is 2. The molecule has 3 aromatic rings. The standard InChI is InChI=1S/C25H28F2N2O3S2/c1-32-17-5-7-22-18(13-17)24(21(27)14-28-22)20(26)6-4-16-8-9-29(15-19(16)25(30)31)10-12-34-23-3-2-11-33-23/h2-3,5,7,11,13-14,16,19-20H,4,6,8-10,12,15H2,1H3,(H,30,31)/t16-,19+,20-/m0/s1. The van der Waals surface area contributed by atoms with Gasteiger partial charge in [-0.05, 0) is 61.4 Å². The van der Waals surface area contributed by atoms with Crippen molar-refractivity contribution in [1.29, 1.82) is 0 Å². The molecule has 1 saturated heterocycles. The van der Waals surface area contributed by atoms with Gasteiger partial charge in [0.25, 0.3) is 0 Å². The first-order chi connectivity index (χ1) is 16.5. The highest BCUT2D eigenvalue weighted by Crippen LogP contribution is 2.37. The molecule has 0 unspecified atom stereocenters. The van der Waals surface area contributed by atoms with Crippen molar-refractivity contribution in [2.45, 2.75) is 29.6 Å². The normalized spacial score (nSPS) is 19.9. The molecular weight excluding hydrogens is 478 g/mol. The average Bonchev–Trinajstić information content (AvgIpc) is 3.36. The molecule has 0 radical (unpaired) electrons. The zero-order valence-electron chi connectivity index (χ0n) is 19.0. The van der Waals surface area contributed by atoms with Crippen molar-refractivity contribution in [2.24, 2.45) is 11.8 Å². The van der Waals surface area contributed by atoms with Gasteiger partial charge >= 0.3 is 5.97 Å². The van der Waals surface area contributed by atoms with Gasteiger partial charge in [0.1, 0.15) is 17.7 Å².